The molecule has 0 aromatic rings. The summed E-state index contributed by atoms with van der Waals surface area (Å²) in [5, 5.41) is 0. The third-order valence-corrected chi connectivity index (χ3v) is 4.87. The molecule has 1 fully saturated rings. The molecule has 0 aromatic carbocycles. The van der Waals surface area contributed by atoms with E-state index >= 15 is 0 Å². The fourth-order valence-corrected chi connectivity index (χ4v) is 3.35. The van der Waals surface area contributed by atoms with Gasteiger partial charge in [0.15, 0.2) is 0 Å². The number of hydrogen-bond acceptors (Lipinski definition) is 5. The van der Waals surface area contributed by atoms with Crippen molar-refractivity contribution in [2.75, 3.05) is 19.7 Å². The first-order chi connectivity index (χ1) is 7.97. The first kappa shape index (κ1) is 14.7. The zero-order chi connectivity index (χ0) is 12.9. The monoisotopic (exact) mass is 283 g/mol. The quantitative estimate of drug-likeness (QED) is 0.491. The van der Waals surface area contributed by atoms with Gasteiger partial charge in [0.1, 0.15) is 0 Å². The Morgan fingerprint density at radius 1 is 1.65 bits per heavy atom. The van der Waals surface area contributed by atoms with Crippen LogP contribution in [-0.4, -0.2) is 46.7 Å². The molecule has 1 heterocycles. The fourth-order valence-electron chi connectivity index (χ4n) is 1.43. The summed E-state index contributed by atoms with van der Waals surface area (Å²) in [6.07, 6.45) is 2.43. The van der Waals surface area contributed by atoms with E-state index in [2.05, 4.69) is 11.3 Å². The van der Waals surface area contributed by atoms with E-state index in [0.29, 0.717) is 16.7 Å². The lowest BCUT2D eigenvalue weighted by atomic mass is 10.2. The van der Waals surface area contributed by atoms with Gasteiger partial charge in [0, 0.05) is 24.4 Å². The van der Waals surface area contributed by atoms with Gasteiger partial charge in [0.25, 0.3) is 10.2 Å². The highest BCUT2D eigenvalue weighted by Gasteiger charge is 2.28. The summed E-state index contributed by atoms with van der Waals surface area (Å²) in [6, 6.07) is 0. The Morgan fingerprint density at radius 3 is 2.82 bits per heavy atom. The fraction of sp³-hybridized carbons (Fsp3) is 0.750. The lowest BCUT2D eigenvalue weighted by Gasteiger charge is -2.25. The van der Waals surface area contributed by atoms with E-state index in [1.165, 1.54) is 6.08 Å². The Hall–Kier alpha value is -0.320. The molecular formula is C8H15N2O5S2-. The third kappa shape index (κ3) is 4.45. The van der Waals surface area contributed by atoms with E-state index in [1.54, 1.807) is 0 Å². The van der Waals surface area contributed by atoms with Crippen LogP contribution in [0.25, 0.3) is 0 Å². The normalized spacial score (nSPS) is 22.8. The van der Waals surface area contributed by atoms with E-state index in [-0.39, 0.29) is 19.2 Å². The van der Waals surface area contributed by atoms with Crippen LogP contribution in [0.2, 0.25) is 0 Å². The van der Waals surface area contributed by atoms with Gasteiger partial charge in [-0.3, -0.25) is 4.21 Å². The van der Waals surface area contributed by atoms with Gasteiger partial charge in [0.05, 0.1) is 12.6 Å². The Kier molecular flexibility index (Phi) is 5.70. The van der Waals surface area contributed by atoms with Crippen molar-refractivity contribution in [3.63, 3.8) is 0 Å². The molecule has 0 aliphatic carbocycles. The second-order valence-corrected chi connectivity index (χ2v) is 6.27. The predicted octanol–water partition coefficient (Wildman–Crippen LogP) is -0.718. The van der Waals surface area contributed by atoms with Gasteiger partial charge in [-0.2, -0.15) is 13.1 Å². The second kappa shape index (κ2) is 6.57. The number of rotatable bonds is 7. The molecule has 7 nitrogen and oxygen atoms in total. The highest BCUT2D eigenvalue weighted by molar-refractivity contribution is 7.98. The van der Waals surface area contributed by atoms with Crippen molar-refractivity contribution in [3.05, 3.63) is 12.7 Å². The average Bonchev–Trinajstić information content (AvgIpc) is 2.75. The number of nitrogens with one attached hydrogen (secondary N) is 1. The van der Waals surface area contributed by atoms with Crippen LogP contribution >= 0.6 is 0 Å². The van der Waals surface area contributed by atoms with Gasteiger partial charge < -0.3 is 9.29 Å². The molecule has 0 saturated carbocycles. The molecule has 1 N–H and O–H groups in total. The first-order valence-electron chi connectivity index (χ1n) is 5.06. The molecular weight excluding hydrogens is 268 g/mol. The van der Waals surface area contributed by atoms with Gasteiger partial charge in [0.2, 0.25) is 0 Å². The van der Waals surface area contributed by atoms with E-state index in [9.17, 15) is 17.2 Å². The maximum absolute atomic E-state index is 11.6. The number of ether oxygens (including phenoxy) is 1. The van der Waals surface area contributed by atoms with Crippen LogP contribution < -0.4 is 4.72 Å². The minimum atomic E-state index is -4.05. The van der Waals surface area contributed by atoms with E-state index in [0.717, 1.165) is 6.42 Å². The summed E-state index contributed by atoms with van der Waals surface area (Å²) in [5.74, 6) is 0. The molecule has 2 atom stereocenters. The Bertz CT molecular complexity index is 377. The number of nitrogens with zero attached hydrogens (tertiary/aromatic N) is 1. The average molecular weight is 283 g/mol. The highest BCUT2D eigenvalue weighted by atomic mass is 32.3. The van der Waals surface area contributed by atoms with Crippen molar-refractivity contribution in [2.45, 2.75) is 18.9 Å². The molecule has 17 heavy (non-hydrogen) atoms. The molecule has 0 radical (unpaired) electrons. The number of hydrogen-bond donors (Lipinski definition) is 1. The maximum Gasteiger partial charge on any atom is 0.290 e. The smallest absolute Gasteiger partial charge is 0.290 e. The standard InChI is InChI=1S/C8H16N2O5S2/c1-2-5-9-17(13,14)10(16(11)12)7-8-4-3-6-15-8/h2,8-9H,1,3-7H2,(H,11,12)/p-1. The van der Waals surface area contributed by atoms with Gasteiger partial charge in [-0.25, -0.2) is 0 Å². The summed E-state index contributed by atoms with van der Waals surface area (Å²) in [4.78, 5) is 0. The summed E-state index contributed by atoms with van der Waals surface area (Å²) in [6.45, 7) is 3.66. The molecule has 2 unspecified atom stereocenters. The van der Waals surface area contributed by atoms with E-state index in [1.807, 2.05) is 0 Å². The molecule has 100 valence electrons. The topological polar surface area (TPSA) is 98.8 Å². The molecule has 1 aliphatic heterocycles. The van der Waals surface area contributed by atoms with Gasteiger partial charge in [-0.15, -0.1) is 10.3 Å². The van der Waals surface area contributed by atoms with E-state index < -0.39 is 21.5 Å². The summed E-state index contributed by atoms with van der Waals surface area (Å²) < 4.78 is 52.8. The molecule has 1 rings (SSSR count). The lowest BCUT2D eigenvalue weighted by molar-refractivity contribution is 0.104. The summed E-state index contributed by atoms with van der Waals surface area (Å²) in [5.41, 5.74) is 0. The minimum absolute atomic E-state index is 0.0262. The highest BCUT2D eigenvalue weighted by Crippen LogP contribution is 2.15. The van der Waals surface area contributed by atoms with Crippen molar-refractivity contribution in [1.82, 2.24) is 8.43 Å². The summed E-state index contributed by atoms with van der Waals surface area (Å²) in [7, 11) is -4.05. The first-order valence-corrected chi connectivity index (χ1v) is 7.53. The maximum atomic E-state index is 11.6. The molecule has 0 spiro atoms. The van der Waals surface area contributed by atoms with Crippen LogP contribution in [0.3, 0.4) is 0 Å². The Labute approximate surface area is 103 Å². The Balaban J connectivity index is 2.70. The van der Waals surface area contributed by atoms with Crippen LogP contribution in [0.5, 0.6) is 0 Å². The van der Waals surface area contributed by atoms with Crippen LogP contribution in [0.15, 0.2) is 12.7 Å². The molecule has 9 heteroatoms. The van der Waals surface area contributed by atoms with E-state index in [4.69, 9.17) is 4.74 Å². The zero-order valence-electron chi connectivity index (χ0n) is 9.20. The second-order valence-electron chi connectivity index (χ2n) is 3.48. The largest absolute Gasteiger partial charge is 0.759 e. The lowest BCUT2D eigenvalue weighted by Crippen LogP contribution is -2.45. The van der Waals surface area contributed by atoms with Crippen LogP contribution in [0.4, 0.5) is 0 Å². The van der Waals surface area contributed by atoms with Crippen LogP contribution in [0, 0.1) is 0 Å². The molecule has 1 saturated heterocycles. The minimum Gasteiger partial charge on any atom is -0.759 e. The zero-order valence-corrected chi connectivity index (χ0v) is 10.8. The SMILES string of the molecule is C=CCNS(=O)(=O)N(CC1CCCO1)S(=O)[O-]. The van der Waals surface area contributed by atoms with Crippen LogP contribution in [0.1, 0.15) is 12.8 Å². The summed E-state index contributed by atoms with van der Waals surface area (Å²) >= 11 is -2.85. The van der Waals surface area contributed by atoms with Crippen LogP contribution in [-0.2, 0) is 26.2 Å². The Morgan fingerprint density at radius 2 is 2.35 bits per heavy atom. The van der Waals surface area contributed by atoms with Crippen molar-refractivity contribution >= 4 is 21.5 Å². The third-order valence-electron chi connectivity index (χ3n) is 2.22. The molecule has 1 aliphatic rings. The molecule has 0 amide bonds. The molecule has 0 bridgehead atoms. The van der Waals surface area contributed by atoms with Crippen molar-refractivity contribution < 1.29 is 21.9 Å². The van der Waals surface area contributed by atoms with Gasteiger partial charge >= 0.3 is 0 Å². The van der Waals surface area contributed by atoms with Crippen molar-refractivity contribution in [1.29, 1.82) is 0 Å². The van der Waals surface area contributed by atoms with Crippen molar-refractivity contribution in [3.8, 4) is 0 Å². The predicted molar refractivity (Wildman–Crippen MR) is 61.7 cm³/mol. The van der Waals surface area contributed by atoms with Gasteiger partial charge in [-0.1, -0.05) is 6.08 Å². The van der Waals surface area contributed by atoms with Crippen molar-refractivity contribution in [2.24, 2.45) is 0 Å². The molecule has 0 aromatic heterocycles. The van der Waals surface area contributed by atoms with Gasteiger partial charge in [-0.05, 0) is 12.8 Å².